The zero-order valence-corrected chi connectivity index (χ0v) is 10.2. The molecule has 1 aliphatic heterocycles. The molecule has 5 heteroatoms. The van der Waals surface area contributed by atoms with Crippen molar-refractivity contribution in [2.24, 2.45) is 0 Å². The molecule has 1 rings (SSSR count). The van der Waals surface area contributed by atoms with E-state index in [4.69, 9.17) is 4.74 Å². The average molecular weight is 233 g/mol. The molecule has 1 aliphatic rings. The molecule has 0 bridgehead atoms. The summed E-state index contributed by atoms with van der Waals surface area (Å²) in [5.74, 6) is 0.945. The van der Waals surface area contributed by atoms with Gasteiger partial charge in [0.05, 0.1) is 6.61 Å². The first-order valence-electron chi connectivity index (χ1n) is 5.22. The molecule has 4 nitrogen and oxygen atoms in total. The minimum absolute atomic E-state index is 0.591. The average Bonchev–Trinajstić information content (AvgIpc) is 2.69. The van der Waals surface area contributed by atoms with E-state index < -0.39 is 11.5 Å². The molecule has 0 aromatic heterocycles. The second-order valence-corrected chi connectivity index (χ2v) is 4.82. The monoisotopic (exact) mass is 233 g/mol. The van der Waals surface area contributed by atoms with Crippen LogP contribution >= 0.6 is 11.8 Å². The molecule has 1 saturated heterocycles. The lowest BCUT2D eigenvalue weighted by molar-refractivity contribution is -0.150. The van der Waals surface area contributed by atoms with E-state index in [1.165, 1.54) is 0 Å². The highest BCUT2D eigenvalue weighted by Crippen LogP contribution is 2.33. The highest BCUT2D eigenvalue weighted by atomic mass is 32.2. The lowest BCUT2D eigenvalue weighted by Crippen LogP contribution is -2.55. The van der Waals surface area contributed by atoms with Gasteiger partial charge in [-0.25, -0.2) is 0 Å². The molecular formula is C10H19NO3S. The topological polar surface area (TPSA) is 49.8 Å². The minimum Gasteiger partial charge on any atom is -0.480 e. The van der Waals surface area contributed by atoms with Crippen LogP contribution in [0.15, 0.2) is 0 Å². The summed E-state index contributed by atoms with van der Waals surface area (Å²) < 4.78 is 5.02. The number of aliphatic carboxylic acids is 1. The minimum atomic E-state index is -0.689. The van der Waals surface area contributed by atoms with E-state index in [9.17, 15) is 9.90 Å². The number of hydrogen-bond donors (Lipinski definition) is 1. The predicted molar refractivity (Wildman–Crippen MR) is 61.4 cm³/mol. The number of rotatable bonds is 6. The first-order valence-corrected chi connectivity index (χ1v) is 6.38. The fourth-order valence-corrected chi connectivity index (χ4v) is 3.40. The summed E-state index contributed by atoms with van der Waals surface area (Å²) in [6.07, 6.45) is 0.741. The van der Waals surface area contributed by atoms with Crippen LogP contribution in [0.2, 0.25) is 0 Å². The van der Waals surface area contributed by atoms with Gasteiger partial charge in [-0.1, -0.05) is 6.92 Å². The Morgan fingerprint density at radius 3 is 2.80 bits per heavy atom. The SMILES string of the molecule is CCN(CCOC)C1(C(=O)O)CCSC1. The zero-order valence-electron chi connectivity index (χ0n) is 9.36. The van der Waals surface area contributed by atoms with Gasteiger partial charge in [-0.15, -0.1) is 0 Å². The number of carbonyl (C=O) groups is 1. The molecule has 1 heterocycles. The normalized spacial score (nSPS) is 26.1. The summed E-state index contributed by atoms with van der Waals surface area (Å²) in [6, 6.07) is 0. The maximum absolute atomic E-state index is 11.4. The Kier molecular flexibility index (Phi) is 4.89. The molecule has 1 atom stereocenters. The summed E-state index contributed by atoms with van der Waals surface area (Å²) >= 11 is 1.72. The molecule has 0 aliphatic carbocycles. The van der Waals surface area contributed by atoms with Crippen LogP contribution in [-0.2, 0) is 9.53 Å². The van der Waals surface area contributed by atoms with Gasteiger partial charge in [0.15, 0.2) is 0 Å². The van der Waals surface area contributed by atoms with Gasteiger partial charge >= 0.3 is 5.97 Å². The van der Waals surface area contributed by atoms with Crippen LogP contribution in [0.1, 0.15) is 13.3 Å². The van der Waals surface area contributed by atoms with E-state index in [-0.39, 0.29) is 0 Å². The van der Waals surface area contributed by atoms with Crippen molar-refractivity contribution in [1.29, 1.82) is 0 Å². The van der Waals surface area contributed by atoms with Crippen molar-refractivity contribution in [1.82, 2.24) is 4.90 Å². The highest BCUT2D eigenvalue weighted by molar-refractivity contribution is 7.99. The summed E-state index contributed by atoms with van der Waals surface area (Å²) in [4.78, 5) is 13.4. The van der Waals surface area contributed by atoms with E-state index in [0.29, 0.717) is 18.9 Å². The van der Waals surface area contributed by atoms with Crippen molar-refractivity contribution < 1.29 is 14.6 Å². The van der Waals surface area contributed by atoms with Gasteiger partial charge in [0.2, 0.25) is 0 Å². The number of methoxy groups -OCH3 is 1. The molecule has 0 aromatic carbocycles. The van der Waals surface area contributed by atoms with Gasteiger partial charge < -0.3 is 9.84 Å². The van der Waals surface area contributed by atoms with Gasteiger partial charge in [-0.05, 0) is 18.7 Å². The van der Waals surface area contributed by atoms with Crippen molar-refractivity contribution in [2.75, 3.05) is 38.3 Å². The van der Waals surface area contributed by atoms with Gasteiger partial charge in [0.25, 0.3) is 0 Å². The number of thioether (sulfide) groups is 1. The highest BCUT2D eigenvalue weighted by Gasteiger charge is 2.46. The summed E-state index contributed by atoms with van der Waals surface area (Å²) in [5, 5.41) is 9.37. The molecule has 0 saturated carbocycles. The molecule has 0 spiro atoms. The number of ether oxygens (including phenoxy) is 1. The Hall–Kier alpha value is -0.260. The van der Waals surface area contributed by atoms with E-state index in [0.717, 1.165) is 18.7 Å². The third-order valence-corrected chi connectivity index (χ3v) is 4.13. The first-order chi connectivity index (χ1) is 7.17. The third kappa shape index (κ3) is 2.65. The molecule has 1 N–H and O–H groups in total. The Balaban J connectivity index is 2.71. The molecule has 1 fully saturated rings. The van der Waals surface area contributed by atoms with Gasteiger partial charge in [-0.3, -0.25) is 9.69 Å². The Morgan fingerprint density at radius 1 is 1.67 bits per heavy atom. The van der Waals surface area contributed by atoms with Crippen LogP contribution < -0.4 is 0 Å². The lowest BCUT2D eigenvalue weighted by Gasteiger charge is -2.36. The maximum atomic E-state index is 11.4. The molecule has 1 unspecified atom stereocenters. The second-order valence-electron chi connectivity index (χ2n) is 3.71. The standard InChI is InChI=1S/C10H19NO3S/c1-3-11(5-6-14-2)10(9(12)13)4-7-15-8-10/h3-8H2,1-2H3,(H,12,13). The van der Waals surface area contributed by atoms with Crippen molar-refractivity contribution >= 4 is 17.7 Å². The first kappa shape index (κ1) is 12.8. The second kappa shape index (κ2) is 5.72. The molecule has 0 amide bonds. The Morgan fingerprint density at radius 2 is 2.40 bits per heavy atom. The van der Waals surface area contributed by atoms with E-state index in [2.05, 4.69) is 0 Å². The van der Waals surface area contributed by atoms with E-state index in [1.54, 1.807) is 18.9 Å². The number of carboxylic acid groups (broad SMARTS) is 1. The van der Waals surface area contributed by atoms with Crippen molar-refractivity contribution in [3.63, 3.8) is 0 Å². The molecule has 15 heavy (non-hydrogen) atoms. The van der Waals surface area contributed by atoms with Crippen molar-refractivity contribution in [2.45, 2.75) is 18.9 Å². The van der Waals surface area contributed by atoms with Crippen molar-refractivity contribution in [3.05, 3.63) is 0 Å². The lowest BCUT2D eigenvalue weighted by atomic mass is 9.96. The van der Waals surface area contributed by atoms with E-state index >= 15 is 0 Å². The molecule has 0 radical (unpaired) electrons. The van der Waals surface area contributed by atoms with Crippen LogP contribution in [0.25, 0.3) is 0 Å². The van der Waals surface area contributed by atoms with Gasteiger partial charge in [0.1, 0.15) is 5.54 Å². The van der Waals surface area contributed by atoms with Gasteiger partial charge in [0, 0.05) is 19.4 Å². The van der Waals surface area contributed by atoms with Crippen LogP contribution in [0.4, 0.5) is 0 Å². The van der Waals surface area contributed by atoms with E-state index in [1.807, 2.05) is 11.8 Å². The largest absolute Gasteiger partial charge is 0.480 e. The van der Waals surface area contributed by atoms with Crippen molar-refractivity contribution in [3.8, 4) is 0 Å². The fourth-order valence-electron chi connectivity index (χ4n) is 1.98. The predicted octanol–water partition coefficient (Wildman–Crippen LogP) is 0.915. The van der Waals surface area contributed by atoms with Gasteiger partial charge in [-0.2, -0.15) is 11.8 Å². The number of nitrogens with zero attached hydrogens (tertiary/aromatic N) is 1. The number of hydrogen-bond acceptors (Lipinski definition) is 4. The zero-order chi connectivity index (χ0) is 11.3. The van der Waals surface area contributed by atoms with Crippen LogP contribution in [-0.4, -0.2) is 59.8 Å². The molecule has 88 valence electrons. The van der Waals surface area contributed by atoms with Crippen LogP contribution in [0, 0.1) is 0 Å². The quantitative estimate of drug-likeness (QED) is 0.739. The maximum Gasteiger partial charge on any atom is 0.325 e. The fraction of sp³-hybridized carbons (Fsp3) is 0.900. The summed E-state index contributed by atoms with van der Waals surface area (Å²) in [7, 11) is 1.64. The van der Waals surface area contributed by atoms with Crippen LogP contribution in [0.3, 0.4) is 0 Å². The third-order valence-electron chi connectivity index (χ3n) is 2.95. The Bertz CT molecular complexity index is 217. The Labute approximate surface area is 95.0 Å². The number of likely N-dealkylation sites (N-methyl/N-ethyl adjacent to an activating group) is 1. The van der Waals surface area contributed by atoms with Crippen LogP contribution in [0.5, 0.6) is 0 Å². The number of carboxylic acids is 1. The summed E-state index contributed by atoms with van der Waals surface area (Å²) in [6.45, 7) is 4.05. The molecular weight excluding hydrogens is 214 g/mol. The summed E-state index contributed by atoms with van der Waals surface area (Å²) in [5.41, 5.74) is -0.655. The molecule has 0 aromatic rings. The smallest absolute Gasteiger partial charge is 0.325 e.